The molecule has 1 aliphatic carbocycles. The number of halogens is 1. The van der Waals surface area contributed by atoms with Gasteiger partial charge in [-0.2, -0.15) is 0 Å². The Kier molecular flexibility index (Phi) is 6.48. The Labute approximate surface area is 221 Å². The van der Waals surface area contributed by atoms with Crippen LogP contribution in [-0.4, -0.2) is 37.0 Å². The molecule has 3 atom stereocenters. The maximum atomic E-state index is 15.2. The number of benzene rings is 3. The first-order valence-corrected chi connectivity index (χ1v) is 13.2. The molecule has 198 valence electrons. The molecule has 0 unspecified atom stereocenters. The van der Waals surface area contributed by atoms with Crippen LogP contribution in [-0.2, 0) is 16.0 Å². The van der Waals surface area contributed by atoms with Gasteiger partial charge in [0.1, 0.15) is 35.3 Å². The lowest BCUT2D eigenvalue weighted by molar-refractivity contribution is -0.137. The number of hydrogen-bond donors (Lipinski definition) is 1. The molecule has 0 bridgehead atoms. The summed E-state index contributed by atoms with van der Waals surface area (Å²) in [6.45, 7) is 5.83. The van der Waals surface area contributed by atoms with E-state index in [-0.39, 0.29) is 24.3 Å². The third kappa shape index (κ3) is 4.60. The molecule has 7 heteroatoms. The molecule has 3 aromatic carbocycles. The summed E-state index contributed by atoms with van der Waals surface area (Å²) in [7, 11) is 0. The van der Waals surface area contributed by atoms with E-state index < -0.39 is 12.1 Å². The van der Waals surface area contributed by atoms with Crippen molar-refractivity contribution in [3.8, 4) is 28.4 Å². The van der Waals surface area contributed by atoms with E-state index in [0.717, 1.165) is 52.2 Å². The van der Waals surface area contributed by atoms with Crippen LogP contribution in [0, 0.1) is 19.7 Å². The normalized spacial score (nSPS) is 21.6. The molecule has 1 saturated heterocycles. The van der Waals surface area contributed by atoms with E-state index in [2.05, 4.69) is 26.0 Å². The first kappa shape index (κ1) is 24.7. The van der Waals surface area contributed by atoms with Crippen molar-refractivity contribution in [2.45, 2.75) is 57.7 Å². The fourth-order valence-corrected chi connectivity index (χ4v) is 6.11. The highest BCUT2D eigenvalue weighted by Gasteiger charge is 2.32. The van der Waals surface area contributed by atoms with Crippen LogP contribution in [0.25, 0.3) is 11.1 Å². The highest BCUT2D eigenvalue weighted by molar-refractivity contribution is 5.76. The predicted molar refractivity (Wildman–Crippen MR) is 140 cm³/mol. The lowest BCUT2D eigenvalue weighted by atomic mass is 9.90. The standard InChI is InChI=1S/C31H31FO6/c1-17-11-22(37-21-9-10-35-16-21)12-18(2)30(17)24-5-7-26(32)31-25(24)6-8-27(31)38-20-3-4-23-19(13-29(33)34)15-36-28(23)14-20/h3-5,7,11-12,14,19,21,27H,6,8-10,13,15-16H2,1-2H3,(H,33,34)/t19-,21+,27-/m1/s1. The van der Waals surface area contributed by atoms with Gasteiger partial charge in [-0.3, -0.25) is 4.79 Å². The Balaban J connectivity index is 1.27. The number of hydrogen-bond acceptors (Lipinski definition) is 5. The summed E-state index contributed by atoms with van der Waals surface area (Å²) < 4.78 is 38.8. The molecule has 6 rings (SSSR count). The number of ether oxygens (including phenoxy) is 4. The van der Waals surface area contributed by atoms with Crippen molar-refractivity contribution in [3.63, 3.8) is 0 Å². The van der Waals surface area contributed by atoms with Gasteiger partial charge in [0.05, 0.1) is 26.2 Å². The third-order valence-corrected chi connectivity index (χ3v) is 7.81. The molecule has 3 aliphatic rings. The van der Waals surface area contributed by atoms with Crippen LogP contribution in [0.1, 0.15) is 59.1 Å². The number of carbonyl (C=O) groups is 1. The van der Waals surface area contributed by atoms with Gasteiger partial charge in [0, 0.05) is 29.5 Å². The van der Waals surface area contributed by atoms with Gasteiger partial charge >= 0.3 is 5.97 Å². The Hall–Kier alpha value is -3.58. The van der Waals surface area contributed by atoms with E-state index in [1.165, 1.54) is 6.07 Å². The topological polar surface area (TPSA) is 74.2 Å². The van der Waals surface area contributed by atoms with Crippen molar-refractivity contribution in [1.82, 2.24) is 0 Å². The number of fused-ring (bicyclic) bond motifs is 2. The van der Waals surface area contributed by atoms with Crippen LogP contribution in [0.15, 0.2) is 42.5 Å². The zero-order valence-corrected chi connectivity index (χ0v) is 21.6. The van der Waals surface area contributed by atoms with E-state index in [0.29, 0.717) is 43.1 Å². The first-order valence-electron chi connectivity index (χ1n) is 13.2. The Bertz CT molecular complexity index is 1370. The van der Waals surface area contributed by atoms with E-state index in [9.17, 15) is 4.79 Å². The first-order chi connectivity index (χ1) is 18.4. The molecule has 0 saturated carbocycles. The van der Waals surface area contributed by atoms with Crippen LogP contribution in [0.2, 0.25) is 0 Å². The molecule has 3 aromatic rings. The molecule has 2 heterocycles. The van der Waals surface area contributed by atoms with Crippen molar-refractivity contribution in [1.29, 1.82) is 0 Å². The molecular formula is C31H31FO6. The molecule has 0 aromatic heterocycles. The number of rotatable bonds is 7. The third-order valence-electron chi connectivity index (χ3n) is 7.81. The van der Waals surface area contributed by atoms with Crippen molar-refractivity contribution in [3.05, 3.63) is 76.1 Å². The summed E-state index contributed by atoms with van der Waals surface area (Å²) in [5, 5.41) is 9.15. The Morgan fingerprint density at radius 2 is 1.84 bits per heavy atom. The summed E-state index contributed by atoms with van der Waals surface area (Å²) in [4.78, 5) is 11.1. The monoisotopic (exact) mass is 518 g/mol. The van der Waals surface area contributed by atoms with Gasteiger partial charge in [-0.15, -0.1) is 0 Å². The zero-order chi connectivity index (χ0) is 26.4. The second-order valence-electron chi connectivity index (χ2n) is 10.5. The fourth-order valence-electron chi connectivity index (χ4n) is 6.11. The Morgan fingerprint density at radius 3 is 2.58 bits per heavy atom. The maximum Gasteiger partial charge on any atom is 0.304 e. The lowest BCUT2D eigenvalue weighted by Gasteiger charge is -2.20. The van der Waals surface area contributed by atoms with Crippen LogP contribution < -0.4 is 14.2 Å². The molecule has 38 heavy (non-hydrogen) atoms. The van der Waals surface area contributed by atoms with E-state index in [1.54, 1.807) is 6.07 Å². The molecular weight excluding hydrogens is 487 g/mol. The summed E-state index contributed by atoms with van der Waals surface area (Å²) in [6, 6.07) is 13.0. The van der Waals surface area contributed by atoms with Gasteiger partial charge in [0.25, 0.3) is 0 Å². The summed E-state index contributed by atoms with van der Waals surface area (Å²) in [5.74, 6) is 0.784. The minimum absolute atomic E-state index is 0.0259. The molecule has 2 aliphatic heterocycles. The van der Waals surface area contributed by atoms with Gasteiger partial charge in [-0.05, 0) is 78.8 Å². The van der Waals surface area contributed by atoms with E-state index >= 15 is 4.39 Å². The molecule has 1 N–H and O–H groups in total. The average molecular weight is 519 g/mol. The molecule has 6 nitrogen and oxygen atoms in total. The summed E-state index contributed by atoms with van der Waals surface area (Å²) >= 11 is 0. The van der Waals surface area contributed by atoms with Crippen molar-refractivity contribution in [2.75, 3.05) is 19.8 Å². The summed E-state index contributed by atoms with van der Waals surface area (Å²) in [5.41, 5.74) is 6.78. The van der Waals surface area contributed by atoms with Crippen LogP contribution >= 0.6 is 0 Å². The van der Waals surface area contributed by atoms with Crippen molar-refractivity contribution >= 4 is 5.97 Å². The number of aliphatic carboxylic acids is 1. The second kappa shape index (κ2) is 9.95. The van der Waals surface area contributed by atoms with Crippen LogP contribution in [0.5, 0.6) is 17.2 Å². The van der Waals surface area contributed by atoms with Gasteiger partial charge in [-0.25, -0.2) is 4.39 Å². The predicted octanol–water partition coefficient (Wildman–Crippen LogP) is 6.29. The fraction of sp³-hybridized carbons (Fsp3) is 0.387. The lowest BCUT2D eigenvalue weighted by Crippen LogP contribution is -2.15. The van der Waals surface area contributed by atoms with Gasteiger partial charge in [0.2, 0.25) is 0 Å². The Morgan fingerprint density at radius 1 is 1.03 bits per heavy atom. The highest BCUT2D eigenvalue weighted by Crippen LogP contribution is 2.45. The summed E-state index contributed by atoms with van der Waals surface area (Å²) in [6.07, 6.45) is 1.98. The zero-order valence-electron chi connectivity index (χ0n) is 21.6. The quantitative estimate of drug-likeness (QED) is 0.396. The average Bonchev–Trinajstić information content (AvgIpc) is 3.61. The number of aryl methyl sites for hydroxylation is 2. The molecule has 0 radical (unpaired) electrons. The van der Waals surface area contributed by atoms with Crippen LogP contribution in [0.4, 0.5) is 4.39 Å². The maximum absolute atomic E-state index is 15.2. The number of carboxylic acid groups (broad SMARTS) is 1. The van der Waals surface area contributed by atoms with Crippen molar-refractivity contribution < 1.29 is 33.2 Å². The van der Waals surface area contributed by atoms with Gasteiger partial charge in [-0.1, -0.05) is 12.1 Å². The SMILES string of the molecule is Cc1cc(O[C@H]2CCOC2)cc(C)c1-c1ccc(F)c2c1CC[C@H]2Oc1ccc2c(c1)OC[C@H]2CC(=O)O. The minimum atomic E-state index is -0.850. The van der Waals surface area contributed by atoms with E-state index in [4.69, 9.17) is 24.1 Å². The molecule has 0 spiro atoms. The number of carboxylic acids is 1. The molecule has 0 amide bonds. The van der Waals surface area contributed by atoms with Crippen LogP contribution in [0.3, 0.4) is 0 Å². The second-order valence-corrected chi connectivity index (χ2v) is 10.5. The smallest absolute Gasteiger partial charge is 0.304 e. The largest absolute Gasteiger partial charge is 0.492 e. The van der Waals surface area contributed by atoms with Crippen molar-refractivity contribution in [2.24, 2.45) is 0 Å². The van der Waals surface area contributed by atoms with Gasteiger partial charge < -0.3 is 24.1 Å². The van der Waals surface area contributed by atoms with Gasteiger partial charge in [0.15, 0.2) is 0 Å². The molecule has 1 fully saturated rings. The highest BCUT2D eigenvalue weighted by atomic mass is 19.1. The van der Waals surface area contributed by atoms with E-state index in [1.807, 2.05) is 18.2 Å². The minimum Gasteiger partial charge on any atom is -0.492 e.